The average Bonchev–Trinajstić information content (AvgIpc) is 3.18. The third kappa shape index (κ3) is 4.32. The molecule has 0 aliphatic heterocycles. The highest BCUT2D eigenvalue weighted by Crippen LogP contribution is 2.25. The number of benzene rings is 2. The fraction of sp³-hybridized carbons (Fsp3) is 0.200. The highest BCUT2D eigenvalue weighted by atomic mass is 35.5. The predicted molar refractivity (Wildman–Crippen MR) is 116 cm³/mol. The maximum Gasteiger partial charge on any atom is 0.262 e. The summed E-state index contributed by atoms with van der Waals surface area (Å²) < 4.78 is 7.02. The fourth-order valence-corrected chi connectivity index (χ4v) is 4.02. The molecule has 0 fully saturated rings. The highest BCUT2D eigenvalue weighted by Gasteiger charge is 2.14. The second-order valence-corrected chi connectivity index (χ2v) is 8.14. The van der Waals surface area contributed by atoms with Crippen molar-refractivity contribution < 1.29 is 4.52 Å². The van der Waals surface area contributed by atoms with Crippen LogP contribution in [0, 0.1) is 0 Å². The summed E-state index contributed by atoms with van der Waals surface area (Å²) in [6.07, 6.45) is 0.817. The van der Waals surface area contributed by atoms with Gasteiger partial charge in [-0.25, -0.2) is 4.98 Å². The van der Waals surface area contributed by atoms with E-state index in [1.165, 1.54) is 11.8 Å². The number of hydrogen-bond donors (Lipinski definition) is 0. The Hall–Kier alpha value is -2.35. The second-order valence-electron chi connectivity index (χ2n) is 6.32. The number of aromatic nitrogens is 4. The third-order valence-corrected chi connectivity index (χ3v) is 5.68. The molecule has 0 radical (unpaired) electrons. The van der Waals surface area contributed by atoms with Crippen molar-refractivity contribution in [2.75, 3.05) is 0 Å². The van der Waals surface area contributed by atoms with Gasteiger partial charge in [-0.1, -0.05) is 47.0 Å². The maximum atomic E-state index is 12.9. The van der Waals surface area contributed by atoms with Crippen LogP contribution in [-0.2, 0) is 12.3 Å². The van der Waals surface area contributed by atoms with E-state index >= 15 is 0 Å². The number of rotatable bonds is 6. The topological polar surface area (TPSA) is 73.8 Å². The van der Waals surface area contributed by atoms with Gasteiger partial charge >= 0.3 is 0 Å². The lowest BCUT2D eigenvalue weighted by molar-refractivity contribution is 0.425. The van der Waals surface area contributed by atoms with Crippen LogP contribution in [0.25, 0.3) is 22.4 Å². The predicted octanol–water partition coefficient (Wildman–Crippen LogP) is 5.46. The highest BCUT2D eigenvalue weighted by molar-refractivity contribution is 7.98. The number of thioether (sulfide) groups is 1. The Morgan fingerprint density at radius 1 is 1.07 bits per heavy atom. The molecule has 0 amide bonds. The van der Waals surface area contributed by atoms with Crippen molar-refractivity contribution >= 4 is 45.9 Å². The van der Waals surface area contributed by atoms with E-state index < -0.39 is 0 Å². The molecule has 0 bridgehead atoms. The molecule has 148 valence electrons. The first-order chi connectivity index (χ1) is 14.0. The molecule has 0 N–H and O–H groups in total. The van der Waals surface area contributed by atoms with Crippen molar-refractivity contribution in [3.8, 4) is 11.5 Å². The quantitative estimate of drug-likeness (QED) is 0.289. The molecule has 2 aromatic carbocycles. The molecule has 6 nitrogen and oxygen atoms in total. The van der Waals surface area contributed by atoms with Gasteiger partial charge in [0, 0.05) is 22.2 Å². The minimum atomic E-state index is -0.0778. The Bertz CT molecular complexity index is 1220. The standard InChI is InChI=1S/C20H16Cl2N4O2S/c1-2-9-26-19(27)15-8-7-14(22)10-16(15)23-20(26)29-11-17-24-18(28-25-17)12-3-5-13(21)6-4-12/h3-8,10H,2,9,11H2,1H3. The molecular weight excluding hydrogens is 431 g/mol. The Morgan fingerprint density at radius 2 is 1.83 bits per heavy atom. The summed E-state index contributed by atoms with van der Waals surface area (Å²) in [5.74, 6) is 1.35. The van der Waals surface area contributed by atoms with Crippen molar-refractivity contribution in [3.63, 3.8) is 0 Å². The van der Waals surface area contributed by atoms with Gasteiger partial charge in [-0.2, -0.15) is 4.98 Å². The van der Waals surface area contributed by atoms with Crippen LogP contribution in [0.4, 0.5) is 0 Å². The van der Waals surface area contributed by atoms with Crippen LogP contribution in [0.5, 0.6) is 0 Å². The summed E-state index contributed by atoms with van der Waals surface area (Å²) in [4.78, 5) is 22.0. The minimum absolute atomic E-state index is 0.0778. The number of fused-ring (bicyclic) bond motifs is 1. The molecule has 29 heavy (non-hydrogen) atoms. The van der Waals surface area contributed by atoms with Crippen LogP contribution >= 0.6 is 35.0 Å². The van der Waals surface area contributed by atoms with Gasteiger partial charge in [-0.3, -0.25) is 9.36 Å². The van der Waals surface area contributed by atoms with Gasteiger partial charge in [0.25, 0.3) is 11.4 Å². The summed E-state index contributed by atoms with van der Waals surface area (Å²) in [5, 5.41) is 6.36. The van der Waals surface area contributed by atoms with Gasteiger partial charge in [0.2, 0.25) is 0 Å². The van der Waals surface area contributed by atoms with Gasteiger partial charge in [0.05, 0.1) is 16.7 Å². The molecule has 0 unspecified atom stereocenters. The van der Waals surface area contributed by atoms with E-state index in [0.717, 1.165) is 12.0 Å². The monoisotopic (exact) mass is 446 g/mol. The molecule has 0 atom stereocenters. The zero-order chi connectivity index (χ0) is 20.4. The van der Waals surface area contributed by atoms with Gasteiger partial charge in [-0.15, -0.1) is 0 Å². The average molecular weight is 447 g/mol. The molecule has 4 aromatic rings. The van der Waals surface area contributed by atoms with E-state index in [4.69, 9.17) is 27.7 Å². The minimum Gasteiger partial charge on any atom is -0.334 e. The lowest BCUT2D eigenvalue weighted by atomic mass is 10.2. The van der Waals surface area contributed by atoms with Gasteiger partial charge in [0.15, 0.2) is 11.0 Å². The lowest BCUT2D eigenvalue weighted by Crippen LogP contribution is -2.23. The molecule has 0 aliphatic carbocycles. The summed E-state index contributed by atoms with van der Waals surface area (Å²) in [5.41, 5.74) is 1.29. The summed E-state index contributed by atoms with van der Waals surface area (Å²) in [6, 6.07) is 12.3. The summed E-state index contributed by atoms with van der Waals surface area (Å²) in [6.45, 7) is 2.60. The molecule has 0 saturated carbocycles. The lowest BCUT2D eigenvalue weighted by Gasteiger charge is -2.11. The zero-order valence-corrected chi connectivity index (χ0v) is 17.8. The smallest absolute Gasteiger partial charge is 0.262 e. The molecule has 9 heteroatoms. The Balaban J connectivity index is 1.61. The SMILES string of the molecule is CCCn1c(SCc2noc(-c3ccc(Cl)cc3)n2)nc2cc(Cl)ccc2c1=O. The van der Waals surface area contributed by atoms with Crippen LogP contribution < -0.4 is 5.56 Å². The molecule has 2 heterocycles. The molecule has 4 rings (SSSR count). The molecule has 2 aromatic heterocycles. The van der Waals surface area contributed by atoms with E-state index in [2.05, 4.69) is 15.1 Å². The van der Waals surface area contributed by atoms with E-state index in [1.807, 2.05) is 19.1 Å². The van der Waals surface area contributed by atoms with Crippen LogP contribution in [-0.4, -0.2) is 19.7 Å². The van der Waals surface area contributed by atoms with Crippen molar-refractivity contribution in [2.24, 2.45) is 0 Å². The van der Waals surface area contributed by atoms with Crippen molar-refractivity contribution in [1.82, 2.24) is 19.7 Å². The number of halogens is 2. The first kappa shape index (κ1) is 19.9. The fourth-order valence-electron chi connectivity index (χ4n) is 2.86. The molecule has 0 saturated heterocycles. The largest absolute Gasteiger partial charge is 0.334 e. The molecular formula is C20H16Cl2N4O2S. The van der Waals surface area contributed by atoms with Gasteiger partial charge in [0.1, 0.15) is 0 Å². The van der Waals surface area contributed by atoms with Gasteiger partial charge < -0.3 is 4.52 Å². The Labute approximate surface area is 180 Å². The third-order valence-electron chi connectivity index (χ3n) is 4.22. The zero-order valence-electron chi connectivity index (χ0n) is 15.4. The van der Waals surface area contributed by atoms with E-state index in [1.54, 1.807) is 34.9 Å². The van der Waals surface area contributed by atoms with Crippen molar-refractivity contribution in [2.45, 2.75) is 30.8 Å². The maximum absolute atomic E-state index is 12.9. The summed E-state index contributed by atoms with van der Waals surface area (Å²) in [7, 11) is 0. The van der Waals surface area contributed by atoms with Crippen LogP contribution in [0.2, 0.25) is 10.0 Å². The normalized spacial score (nSPS) is 11.3. The summed E-state index contributed by atoms with van der Waals surface area (Å²) >= 11 is 13.4. The first-order valence-electron chi connectivity index (χ1n) is 8.96. The first-order valence-corrected chi connectivity index (χ1v) is 10.7. The number of nitrogens with zero attached hydrogens (tertiary/aromatic N) is 4. The molecule has 0 aliphatic rings. The van der Waals surface area contributed by atoms with Crippen LogP contribution in [0.15, 0.2) is 56.9 Å². The molecule has 0 spiro atoms. The van der Waals surface area contributed by atoms with E-state index in [0.29, 0.717) is 50.1 Å². The van der Waals surface area contributed by atoms with E-state index in [9.17, 15) is 4.79 Å². The number of hydrogen-bond acceptors (Lipinski definition) is 6. The Morgan fingerprint density at radius 3 is 2.59 bits per heavy atom. The van der Waals surface area contributed by atoms with Crippen molar-refractivity contribution in [3.05, 3.63) is 68.7 Å². The Kier molecular flexibility index (Phi) is 5.89. The van der Waals surface area contributed by atoms with Crippen molar-refractivity contribution in [1.29, 1.82) is 0 Å². The van der Waals surface area contributed by atoms with Gasteiger partial charge in [-0.05, 0) is 48.9 Å². The van der Waals surface area contributed by atoms with Crippen LogP contribution in [0.1, 0.15) is 19.2 Å². The van der Waals surface area contributed by atoms with E-state index in [-0.39, 0.29) is 5.56 Å². The second kappa shape index (κ2) is 8.57. The van der Waals surface area contributed by atoms with Crippen LogP contribution in [0.3, 0.4) is 0 Å².